The summed E-state index contributed by atoms with van der Waals surface area (Å²) in [4.78, 5) is 10.5. The Morgan fingerprint density at radius 3 is 2.73 bits per heavy atom. The molecule has 1 N–H and O–H groups in total. The Balaban J connectivity index is 0.00000338. The van der Waals surface area contributed by atoms with Crippen LogP contribution in [-0.4, -0.2) is 59.5 Å². The van der Waals surface area contributed by atoms with Gasteiger partial charge in [-0.05, 0) is 19.1 Å². The van der Waals surface area contributed by atoms with E-state index in [9.17, 15) is 0 Å². The number of methoxy groups -OCH3 is 1. The zero-order chi connectivity index (χ0) is 18.2. The predicted molar refractivity (Wildman–Crippen MR) is 112 cm³/mol. The van der Waals surface area contributed by atoms with E-state index in [-0.39, 0.29) is 30.1 Å². The highest BCUT2D eigenvalue weighted by Gasteiger charge is 2.12. The number of aryl methyl sites for hydroxylation is 1. The highest BCUT2D eigenvalue weighted by Crippen LogP contribution is 2.19. The molecule has 1 aromatic heterocycles. The Morgan fingerprint density at radius 2 is 2.12 bits per heavy atom. The van der Waals surface area contributed by atoms with Crippen molar-refractivity contribution in [2.75, 3.05) is 27.7 Å². The fraction of sp³-hybridized carbons (Fsp3) is 0.471. The molecule has 0 aliphatic carbocycles. The van der Waals surface area contributed by atoms with Gasteiger partial charge in [0.2, 0.25) is 0 Å². The third-order valence-electron chi connectivity index (χ3n) is 3.68. The van der Waals surface area contributed by atoms with Crippen LogP contribution in [0.3, 0.4) is 0 Å². The molecule has 2 aromatic rings. The van der Waals surface area contributed by atoms with Crippen molar-refractivity contribution in [2.45, 2.75) is 19.6 Å². The number of aliphatic imine (C=N–C) groups is 1. The van der Waals surface area contributed by atoms with E-state index in [1.165, 1.54) is 0 Å². The molecule has 0 aliphatic rings. The van der Waals surface area contributed by atoms with Crippen molar-refractivity contribution < 1.29 is 9.47 Å². The lowest BCUT2D eigenvalue weighted by Crippen LogP contribution is -2.42. The summed E-state index contributed by atoms with van der Waals surface area (Å²) >= 11 is 0. The van der Waals surface area contributed by atoms with Gasteiger partial charge in [-0.3, -0.25) is 9.67 Å². The second-order valence-corrected chi connectivity index (χ2v) is 5.69. The van der Waals surface area contributed by atoms with Gasteiger partial charge in [-0.2, -0.15) is 5.10 Å². The van der Waals surface area contributed by atoms with Crippen LogP contribution in [0.4, 0.5) is 0 Å². The third kappa shape index (κ3) is 6.36. The largest absolute Gasteiger partial charge is 0.497 e. The molecule has 26 heavy (non-hydrogen) atoms. The minimum Gasteiger partial charge on any atom is -0.497 e. The lowest BCUT2D eigenvalue weighted by Gasteiger charge is -2.23. The molecule has 1 aromatic carbocycles. The highest BCUT2D eigenvalue weighted by molar-refractivity contribution is 14.0. The van der Waals surface area contributed by atoms with Crippen LogP contribution in [0.2, 0.25) is 0 Å². The second kappa shape index (κ2) is 10.8. The number of ether oxygens (including phenoxy) is 2. The van der Waals surface area contributed by atoms with Crippen molar-refractivity contribution in [1.29, 1.82) is 0 Å². The second-order valence-electron chi connectivity index (χ2n) is 5.69. The van der Waals surface area contributed by atoms with Crippen LogP contribution in [0, 0.1) is 0 Å². The smallest absolute Gasteiger partial charge is 0.193 e. The summed E-state index contributed by atoms with van der Waals surface area (Å²) in [6.07, 6.45) is 1.51. The van der Waals surface area contributed by atoms with Gasteiger partial charge in [-0.1, -0.05) is 6.07 Å². The van der Waals surface area contributed by atoms with Gasteiger partial charge in [0, 0.05) is 27.2 Å². The number of hydrogen-bond donors (Lipinski definition) is 1. The Morgan fingerprint density at radius 1 is 1.38 bits per heavy atom. The summed E-state index contributed by atoms with van der Waals surface area (Å²) in [5.41, 5.74) is 0. The van der Waals surface area contributed by atoms with Crippen molar-refractivity contribution in [3.05, 3.63) is 36.4 Å². The van der Waals surface area contributed by atoms with Crippen molar-refractivity contribution >= 4 is 29.9 Å². The van der Waals surface area contributed by atoms with Crippen LogP contribution < -0.4 is 14.8 Å². The summed E-state index contributed by atoms with van der Waals surface area (Å²) in [5.74, 6) is 3.18. The first-order valence-corrected chi connectivity index (χ1v) is 8.08. The molecule has 0 aliphatic heterocycles. The number of aromatic nitrogens is 3. The lowest BCUT2D eigenvalue weighted by molar-refractivity contribution is 0.221. The highest BCUT2D eigenvalue weighted by atomic mass is 127. The first-order chi connectivity index (χ1) is 12.0. The van der Waals surface area contributed by atoms with Gasteiger partial charge < -0.3 is 19.7 Å². The summed E-state index contributed by atoms with van der Waals surface area (Å²) in [7, 11) is 7.22. The van der Waals surface area contributed by atoms with E-state index in [1.807, 2.05) is 50.2 Å². The minimum absolute atomic E-state index is 0. The molecule has 144 valence electrons. The van der Waals surface area contributed by atoms with Gasteiger partial charge in [0.15, 0.2) is 5.96 Å². The minimum atomic E-state index is -0.0351. The first-order valence-electron chi connectivity index (χ1n) is 8.08. The van der Waals surface area contributed by atoms with Crippen molar-refractivity contribution in [2.24, 2.45) is 12.0 Å². The number of benzene rings is 1. The van der Waals surface area contributed by atoms with E-state index in [0.29, 0.717) is 13.1 Å². The van der Waals surface area contributed by atoms with E-state index in [1.54, 1.807) is 25.2 Å². The summed E-state index contributed by atoms with van der Waals surface area (Å²) in [5, 5.41) is 7.39. The SMILES string of the molecule is CN=C(NCC(C)Oc1cccc(OC)c1)N(C)Cc1ncnn1C.I. The number of guanidine groups is 1. The molecule has 0 spiro atoms. The van der Waals surface area contributed by atoms with Crippen molar-refractivity contribution in [3.63, 3.8) is 0 Å². The molecule has 8 nitrogen and oxygen atoms in total. The quantitative estimate of drug-likeness (QED) is 0.376. The molecule has 1 atom stereocenters. The van der Waals surface area contributed by atoms with Crippen LogP contribution >= 0.6 is 24.0 Å². The molecule has 1 heterocycles. The van der Waals surface area contributed by atoms with E-state index in [4.69, 9.17) is 9.47 Å². The fourth-order valence-electron chi connectivity index (χ4n) is 2.32. The molecule has 9 heteroatoms. The predicted octanol–water partition coefficient (Wildman–Crippen LogP) is 1.92. The molecule has 0 saturated heterocycles. The number of halogens is 1. The average molecular weight is 474 g/mol. The number of nitrogens with one attached hydrogen (secondary N) is 1. The molecule has 0 fully saturated rings. The third-order valence-corrected chi connectivity index (χ3v) is 3.68. The number of nitrogens with zero attached hydrogens (tertiary/aromatic N) is 5. The summed E-state index contributed by atoms with van der Waals surface area (Å²) < 4.78 is 12.9. The van der Waals surface area contributed by atoms with E-state index in [0.717, 1.165) is 23.3 Å². The fourth-order valence-corrected chi connectivity index (χ4v) is 2.32. The van der Waals surface area contributed by atoms with Crippen LogP contribution in [0.5, 0.6) is 11.5 Å². The lowest BCUT2D eigenvalue weighted by atomic mass is 10.3. The van der Waals surface area contributed by atoms with Crippen LogP contribution in [0.15, 0.2) is 35.6 Å². The molecular formula is C17H27IN6O2. The summed E-state index contributed by atoms with van der Waals surface area (Å²) in [6, 6.07) is 7.57. The number of hydrogen-bond acceptors (Lipinski definition) is 5. The van der Waals surface area contributed by atoms with E-state index in [2.05, 4.69) is 20.4 Å². The van der Waals surface area contributed by atoms with Crippen molar-refractivity contribution in [3.8, 4) is 11.5 Å². The van der Waals surface area contributed by atoms with Gasteiger partial charge in [0.25, 0.3) is 0 Å². The summed E-state index contributed by atoms with van der Waals surface area (Å²) in [6.45, 7) is 3.23. The van der Waals surface area contributed by atoms with E-state index < -0.39 is 0 Å². The molecule has 0 amide bonds. The molecule has 0 saturated carbocycles. The van der Waals surface area contributed by atoms with E-state index >= 15 is 0 Å². The van der Waals surface area contributed by atoms with Gasteiger partial charge in [-0.15, -0.1) is 24.0 Å². The first kappa shape index (κ1) is 22.0. The van der Waals surface area contributed by atoms with Gasteiger partial charge >= 0.3 is 0 Å². The van der Waals surface area contributed by atoms with Gasteiger partial charge in [0.05, 0.1) is 20.2 Å². The van der Waals surface area contributed by atoms with Crippen LogP contribution in [0.1, 0.15) is 12.7 Å². The molecule has 0 radical (unpaired) electrons. The normalized spacial score (nSPS) is 12.1. The molecule has 2 rings (SSSR count). The zero-order valence-corrected chi connectivity index (χ0v) is 18.2. The monoisotopic (exact) mass is 474 g/mol. The van der Waals surface area contributed by atoms with Crippen molar-refractivity contribution in [1.82, 2.24) is 25.0 Å². The Kier molecular flexibility index (Phi) is 9.17. The Hall–Kier alpha value is -2.04. The standard InChI is InChI=1S/C17H26N6O2.HI/c1-13(25-15-8-6-7-14(9-15)24-5)10-19-17(18-2)22(3)11-16-20-12-21-23(16)4;/h6-9,12-13H,10-11H2,1-5H3,(H,18,19);1H. The van der Waals surface area contributed by atoms with Crippen LogP contribution in [-0.2, 0) is 13.6 Å². The van der Waals surface area contributed by atoms with Crippen LogP contribution in [0.25, 0.3) is 0 Å². The number of rotatable bonds is 7. The maximum Gasteiger partial charge on any atom is 0.193 e. The molecule has 1 unspecified atom stereocenters. The zero-order valence-electron chi connectivity index (χ0n) is 15.8. The Labute approximate surface area is 171 Å². The topological polar surface area (TPSA) is 76.8 Å². The average Bonchev–Trinajstić information content (AvgIpc) is 3.00. The maximum atomic E-state index is 5.91. The van der Waals surface area contributed by atoms with Gasteiger partial charge in [-0.25, -0.2) is 4.98 Å². The molecular weight excluding hydrogens is 447 g/mol. The Bertz CT molecular complexity index is 706. The molecule has 0 bridgehead atoms. The maximum absolute atomic E-state index is 5.91. The van der Waals surface area contributed by atoms with Gasteiger partial charge in [0.1, 0.15) is 29.8 Å².